The summed E-state index contributed by atoms with van der Waals surface area (Å²) in [7, 11) is -3.90. The first kappa shape index (κ1) is 12.3. The molecule has 82 valence electrons. The van der Waals surface area contributed by atoms with E-state index in [2.05, 4.69) is 0 Å². The van der Waals surface area contributed by atoms with Gasteiger partial charge in [-0.1, -0.05) is 23.2 Å². The third-order valence-corrected chi connectivity index (χ3v) is 3.61. The third kappa shape index (κ3) is 3.09. The minimum Gasteiger partial charge on any atom is -0.274 e. The van der Waals surface area contributed by atoms with Gasteiger partial charge in [-0.3, -0.25) is 4.79 Å². The molecule has 0 saturated heterocycles. The molecule has 0 unspecified atom stereocenters. The molecular formula is C8H7Cl2NO3S. The van der Waals surface area contributed by atoms with Gasteiger partial charge in [0.05, 0.1) is 5.02 Å². The lowest BCUT2D eigenvalue weighted by Gasteiger charge is -2.06. The maximum Gasteiger partial charge on any atom is 0.265 e. The van der Waals surface area contributed by atoms with Gasteiger partial charge in [-0.25, -0.2) is 13.1 Å². The molecule has 15 heavy (non-hydrogen) atoms. The van der Waals surface area contributed by atoms with E-state index in [-0.39, 0.29) is 9.92 Å². The molecule has 1 rings (SSSR count). The van der Waals surface area contributed by atoms with Crippen molar-refractivity contribution in [2.24, 2.45) is 0 Å². The molecule has 0 radical (unpaired) electrons. The van der Waals surface area contributed by atoms with Gasteiger partial charge in [0.2, 0.25) is 5.91 Å². The lowest BCUT2D eigenvalue weighted by atomic mass is 10.4. The molecule has 1 aromatic carbocycles. The zero-order chi connectivity index (χ0) is 11.6. The Labute approximate surface area is 97.2 Å². The summed E-state index contributed by atoms with van der Waals surface area (Å²) < 4.78 is 24.8. The van der Waals surface area contributed by atoms with Crippen molar-refractivity contribution >= 4 is 39.1 Å². The molecule has 0 spiro atoms. The Morgan fingerprint density at radius 2 is 1.93 bits per heavy atom. The van der Waals surface area contributed by atoms with Gasteiger partial charge < -0.3 is 0 Å². The second-order valence-corrected chi connectivity index (χ2v) is 5.23. The molecule has 1 amide bonds. The average Bonchev–Trinajstić information content (AvgIpc) is 1.99. The first-order chi connectivity index (χ1) is 6.83. The van der Waals surface area contributed by atoms with Crippen molar-refractivity contribution in [3.63, 3.8) is 0 Å². The summed E-state index contributed by atoms with van der Waals surface area (Å²) in [6.07, 6.45) is 0. The molecule has 1 aromatic rings. The Morgan fingerprint density at radius 1 is 1.33 bits per heavy atom. The minimum absolute atomic E-state index is 0.0312. The standard InChI is InChI=1S/C8H7Cl2NO3S/c1-5(12)11-15(13,14)8-3-2-6(9)4-7(8)10/h2-4H,1H3,(H,11,12). The van der Waals surface area contributed by atoms with Crippen LogP contribution in [0.25, 0.3) is 0 Å². The number of halogens is 2. The van der Waals surface area contributed by atoms with E-state index in [4.69, 9.17) is 23.2 Å². The van der Waals surface area contributed by atoms with Crippen LogP contribution in [0.3, 0.4) is 0 Å². The van der Waals surface area contributed by atoms with Crippen LogP contribution in [-0.4, -0.2) is 14.3 Å². The van der Waals surface area contributed by atoms with Crippen LogP contribution in [0.15, 0.2) is 23.1 Å². The van der Waals surface area contributed by atoms with Crippen LogP contribution in [0.1, 0.15) is 6.92 Å². The Bertz CT molecular complexity index is 499. The van der Waals surface area contributed by atoms with Gasteiger partial charge in [-0.05, 0) is 18.2 Å². The largest absolute Gasteiger partial charge is 0.274 e. The normalized spacial score (nSPS) is 11.1. The van der Waals surface area contributed by atoms with E-state index in [1.165, 1.54) is 18.2 Å². The molecule has 0 saturated carbocycles. The van der Waals surface area contributed by atoms with Gasteiger partial charge in [-0.2, -0.15) is 0 Å². The lowest BCUT2D eigenvalue weighted by molar-refractivity contribution is -0.117. The zero-order valence-corrected chi connectivity index (χ0v) is 9.95. The van der Waals surface area contributed by atoms with E-state index < -0.39 is 15.9 Å². The number of hydrogen-bond donors (Lipinski definition) is 1. The predicted molar refractivity (Wildman–Crippen MR) is 57.5 cm³/mol. The second kappa shape index (κ2) is 4.38. The van der Waals surface area contributed by atoms with Crippen LogP contribution in [0.2, 0.25) is 10.0 Å². The second-order valence-electron chi connectivity index (χ2n) is 2.74. The lowest BCUT2D eigenvalue weighted by Crippen LogP contribution is -2.28. The highest BCUT2D eigenvalue weighted by atomic mass is 35.5. The number of hydrogen-bond acceptors (Lipinski definition) is 3. The van der Waals surface area contributed by atoms with Gasteiger partial charge in [-0.15, -0.1) is 0 Å². The zero-order valence-electron chi connectivity index (χ0n) is 7.62. The van der Waals surface area contributed by atoms with E-state index >= 15 is 0 Å². The molecular weight excluding hydrogens is 261 g/mol. The SMILES string of the molecule is CC(=O)NS(=O)(=O)c1ccc(Cl)cc1Cl. The van der Waals surface area contributed by atoms with Crippen LogP contribution in [0.4, 0.5) is 0 Å². The van der Waals surface area contributed by atoms with Crippen LogP contribution in [0.5, 0.6) is 0 Å². The summed E-state index contributed by atoms with van der Waals surface area (Å²) in [6.45, 7) is 1.10. The molecule has 1 N–H and O–H groups in total. The van der Waals surface area contributed by atoms with Crippen LogP contribution in [0, 0.1) is 0 Å². The molecule has 0 aliphatic heterocycles. The van der Waals surface area contributed by atoms with E-state index in [1.54, 1.807) is 4.72 Å². The minimum atomic E-state index is -3.90. The summed E-state index contributed by atoms with van der Waals surface area (Å²) >= 11 is 11.3. The van der Waals surface area contributed by atoms with Crippen molar-refractivity contribution in [3.05, 3.63) is 28.2 Å². The third-order valence-electron chi connectivity index (χ3n) is 1.46. The van der Waals surface area contributed by atoms with Gasteiger partial charge in [0, 0.05) is 11.9 Å². The smallest absolute Gasteiger partial charge is 0.265 e. The maximum atomic E-state index is 11.5. The Hall–Kier alpha value is -0.780. The van der Waals surface area contributed by atoms with E-state index in [9.17, 15) is 13.2 Å². The fourth-order valence-electron chi connectivity index (χ4n) is 0.937. The van der Waals surface area contributed by atoms with Crippen molar-refractivity contribution in [1.82, 2.24) is 4.72 Å². The summed E-state index contributed by atoms with van der Waals surface area (Å²) in [5.41, 5.74) is 0. The highest BCUT2D eigenvalue weighted by molar-refractivity contribution is 7.90. The van der Waals surface area contributed by atoms with Crippen LogP contribution in [-0.2, 0) is 14.8 Å². The van der Waals surface area contributed by atoms with E-state index in [1.807, 2.05) is 0 Å². The molecule has 0 atom stereocenters. The molecule has 4 nitrogen and oxygen atoms in total. The number of nitrogens with one attached hydrogen (secondary N) is 1. The van der Waals surface area contributed by atoms with Crippen molar-refractivity contribution in [3.8, 4) is 0 Å². The van der Waals surface area contributed by atoms with Crippen molar-refractivity contribution in [2.75, 3.05) is 0 Å². The first-order valence-electron chi connectivity index (χ1n) is 3.81. The van der Waals surface area contributed by atoms with Crippen molar-refractivity contribution < 1.29 is 13.2 Å². The maximum absolute atomic E-state index is 11.5. The number of benzene rings is 1. The number of amides is 1. The number of carbonyl (C=O) groups excluding carboxylic acids is 1. The summed E-state index contributed by atoms with van der Waals surface area (Å²) in [5.74, 6) is -0.680. The summed E-state index contributed by atoms with van der Waals surface area (Å²) in [6, 6.07) is 3.90. The average molecular weight is 268 g/mol. The van der Waals surface area contributed by atoms with Gasteiger partial charge in [0.1, 0.15) is 4.90 Å². The van der Waals surface area contributed by atoms with Crippen molar-refractivity contribution in [2.45, 2.75) is 11.8 Å². The Kier molecular flexibility index (Phi) is 3.59. The number of carbonyl (C=O) groups is 1. The monoisotopic (exact) mass is 267 g/mol. The van der Waals surface area contributed by atoms with Gasteiger partial charge in [0.25, 0.3) is 10.0 Å². The van der Waals surface area contributed by atoms with Crippen molar-refractivity contribution in [1.29, 1.82) is 0 Å². The summed E-state index contributed by atoms with van der Waals surface area (Å²) in [5, 5.41) is 0.290. The molecule has 0 aliphatic carbocycles. The fraction of sp³-hybridized carbons (Fsp3) is 0.125. The highest BCUT2D eigenvalue weighted by Gasteiger charge is 2.18. The van der Waals surface area contributed by atoms with Crippen LogP contribution < -0.4 is 4.72 Å². The fourth-order valence-corrected chi connectivity index (χ4v) is 2.70. The topological polar surface area (TPSA) is 63.2 Å². The van der Waals surface area contributed by atoms with Gasteiger partial charge in [0.15, 0.2) is 0 Å². The Balaban J connectivity index is 3.22. The summed E-state index contributed by atoms with van der Waals surface area (Å²) in [4.78, 5) is 10.5. The molecule has 0 aromatic heterocycles. The molecule has 7 heteroatoms. The first-order valence-corrected chi connectivity index (χ1v) is 6.05. The highest BCUT2D eigenvalue weighted by Crippen LogP contribution is 2.24. The number of rotatable bonds is 2. The van der Waals surface area contributed by atoms with E-state index in [0.717, 1.165) is 6.92 Å². The molecule has 0 aliphatic rings. The number of sulfonamides is 1. The Morgan fingerprint density at radius 3 is 2.40 bits per heavy atom. The van der Waals surface area contributed by atoms with Gasteiger partial charge >= 0.3 is 0 Å². The molecule has 0 bridgehead atoms. The van der Waals surface area contributed by atoms with E-state index in [0.29, 0.717) is 5.02 Å². The van der Waals surface area contributed by atoms with Crippen LogP contribution >= 0.6 is 23.2 Å². The quantitative estimate of drug-likeness (QED) is 0.889. The predicted octanol–water partition coefficient (Wildman–Crippen LogP) is 1.82. The molecule has 0 heterocycles. The molecule has 0 fully saturated rings.